The van der Waals surface area contributed by atoms with E-state index in [-0.39, 0.29) is 5.91 Å². The van der Waals surface area contributed by atoms with Crippen molar-refractivity contribution in [2.45, 2.75) is 71.6 Å². The lowest BCUT2D eigenvalue weighted by molar-refractivity contribution is 0.0326. The van der Waals surface area contributed by atoms with Gasteiger partial charge in [0.2, 0.25) is 0 Å². The first-order chi connectivity index (χ1) is 16.9. The van der Waals surface area contributed by atoms with Crippen LogP contribution in [0.15, 0.2) is 36.5 Å². The van der Waals surface area contributed by atoms with E-state index in [1.165, 1.54) is 6.20 Å². The highest BCUT2D eigenvalue weighted by molar-refractivity contribution is 7.18. The molecule has 1 aromatic heterocycles. The molecule has 1 aliphatic rings. The average molecular weight is 522 g/mol. The number of ether oxygens (including phenoxy) is 1. The monoisotopic (exact) mass is 521 g/mol. The summed E-state index contributed by atoms with van der Waals surface area (Å²) < 4.78 is 32.4. The minimum atomic E-state index is -2.76. The summed E-state index contributed by atoms with van der Waals surface area (Å²) in [6, 6.07) is 7.50. The van der Waals surface area contributed by atoms with Crippen molar-refractivity contribution in [2.24, 2.45) is 5.92 Å². The lowest BCUT2D eigenvalue weighted by Gasteiger charge is -2.27. The van der Waals surface area contributed by atoms with E-state index in [0.29, 0.717) is 44.3 Å². The summed E-state index contributed by atoms with van der Waals surface area (Å²) in [7, 11) is 1.65. The van der Waals surface area contributed by atoms with Crippen molar-refractivity contribution < 1.29 is 23.1 Å². The van der Waals surface area contributed by atoms with Gasteiger partial charge in [0.05, 0.1) is 11.1 Å². The molecule has 3 rings (SSSR count). The van der Waals surface area contributed by atoms with Gasteiger partial charge in [0.25, 0.3) is 11.6 Å². The van der Waals surface area contributed by atoms with Crippen molar-refractivity contribution in [1.82, 2.24) is 15.6 Å². The molecular weight excluding hydrogens is 483 g/mol. The van der Waals surface area contributed by atoms with Crippen LogP contribution in [0.25, 0.3) is 16.5 Å². The molecule has 6 nitrogen and oxygen atoms in total. The topological polar surface area (TPSA) is 80.3 Å². The lowest BCUT2D eigenvalue weighted by atomic mass is 9.86. The number of halogens is 2. The van der Waals surface area contributed by atoms with Crippen LogP contribution < -0.4 is 10.6 Å². The first-order valence-electron chi connectivity index (χ1n) is 12.4. The predicted octanol–water partition coefficient (Wildman–Crippen LogP) is 6.56. The third-order valence-electron chi connectivity index (χ3n) is 5.58. The maximum Gasteiger partial charge on any atom is 0.407 e. The number of fused-ring (bicyclic) bond motifs is 1. The number of amides is 2. The van der Waals surface area contributed by atoms with Crippen molar-refractivity contribution >= 4 is 37.7 Å². The van der Waals surface area contributed by atoms with Gasteiger partial charge in [0, 0.05) is 36.2 Å². The van der Waals surface area contributed by atoms with Crippen LogP contribution in [0.5, 0.6) is 0 Å². The molecule has 2 atom stereocenters. The Hall–Kier alpha value is -2.60. The van der Waals surface area contributed by atoms with Crippen molar-refractivity contribution in [3.05, 3.63) is 47.7 Å². The summed E-state index contributed by atoms with van der Waals surface area (Å²) in [5.41, 5.74) is -0.192. The average Bonchev–Trinajstić information content (AvgIpc) is 2.82. The normalized spacial score (nSPS) is 15.9. The Kier molecular flexibility index (Phi) is 10.8. The Morgan fingerprint density at radius 3 is 2.47 bits per heavy atom. The molecule has 198 valence electrons. The summed E-state index contributed by atoms with van der Waals surface area (Å²) in [6.07, 6.45) is 4.79. The van der Waals surface area contributed by atoms with Crippen LogP contribution in [0.1, 0.15) is 76.2 Å². The second-order valence-corrected chi connectivity index (χ2v) is 10.3. The number of nitrogens with one attached hydrogen (secondary N) is 2. The molecular formula is C27H38F2N3O3P. The molecule has 0 aliphatic heterocycles. The zero-order valence-corrected chi connectivity index (χ0v) is 22.9. The summed E-state index contributed by atoms with van der Waals surface area (Å²) in [6.45, 7) is 10.2. The number of benzene rings is 1. The van der Waals surface area contributed by atoms with E-state index in [0.717, 1.165) is 22.0 Å². The molecule has 1 aliphatic carbocycles. The fourth-order valence-corrected chi connectivity index (χ4v) is 4.17. The van der Waals surface area contributed by atoms with Crippen molar-refractivity contribution in [3.63, 3.8) is 0 Å². The van der Waals surface area contributed by atoms with E-state index in [2.05, 4.69) is 15.6 Å². The van der Waals surface area contributed by atoms with Gasteiger partial charge >= 0.3 is 6.09 Å². The van der Waals surface area contributed by atoms with Gasteiger partial charge in [-0.1, -0.05) is 47.4 Å². The second-order valence-electron chi connectivity index (χ2n) is 9.51. The summed E-state index contributed by atoms with van der Waals surface area (Å²) in [5, 5.41) is 6.30. The Morgan fingerprint density at radius 2 is 1.86 bits per heavy atom. The van der Waals surface area contributed by atoms with E-state index in [1.807, 2.05) is 38.1 Å². The molecule has 1 heterocycles. The highest BCUT2D eigenvalue weighted by Gasteiger charge is 2.35. The number of para-hydroxylation sites is 1. The molecule has 2 amide bonds. The van der Waals surface area contributed by atoms with Crippen LogP contribution in [-0.4, -0.2) is 41.3 Å². The largest absolute Gasteiger partial charge is 0.444 e. The number of alkyl halides is 2. The maximum atomic E-state index is 13.6. The number of carbonyl (C=O) groups excluding carboxylic acids is 2. The van der Waals surface area contributed by atoms with Gasteiger partial charge in [0.1, 0.15) is 5.60 Å². The molecule has 36 heavy (non-hydrogen) atoms. The third-order valence-corrected chi connectivity index (χ3v) is 6.05. The van der Waals surface area contributed by atoms with E-state index < -0.39 is 23.3 Å². The Morgan fingerprint density at radius 1 is 1.17 bits per heavy atom. The molecule has 1 aromatic carbocycles. The lowest BCUT2D eigenvalue weighted by Crippen LogP contribution is -2.34. The molecule has 0 fully saturated rings. The van der Waals surface area contributed by atoms with Gasteiger partial charge in [0.15, 0.2) is 0 Å². The number of pyridine rings is 1. The zero-order valence-electron chi connectivity index (χ0n) is 21.8. The van der Waals surface area contributed by atoms with Gasteiger partial charge in [-0.2, -0.15) is 0 Å². The Labute approximate surface area is 214 Å². The summed E-state index contributed by atoms with van der Waals surface area (Å²) in [5.74, 6) is -0.918. The smallest absolute Gasteiger partial charge is 0.407 e. The van der Waals surface area contributed by atoms with E-state index in [9.17, 15) is 18.4 Å². The molecule has 0 saturated heterocycles. The molecule has 9 heteroatoms. The number of nitrogens with zero attached hydrogens (tertiary/aromatic N) is 1. The van der Waals surface area contributed by atoms with E-state index in [1.54, 1.807) is 36.1 Å². The summed E-state index contributed by atoms with van der Waals surface area (Å²) in [4.78, 5) is 28.7. The van der Waals surface area contributed by atoms with Crippen LogP contribution in [0.2, 0.25) is 0 Å². The van der Waals surface area contributed by atoms with Crippen molar-refractivity contribution in [2.75, 3.05) is 13.1 Å². The minimum Gasteiger partial charge on any atom is -0.444 e. The first kappa shape index (κ1) is 29.6. The molecule has 2 unspecified atom stereocenters. The molecule has 0 radical (unpaired) electrons. The van der Waals surface area contributed by atoms with Crippen molar-refractivity contribution in [1.29, 1.82) is 0 Å². The number of rotatable bonds is 7. The molecule has 2 aromatic rings. The highest BCUT2D eigenvalue weighted by Crippen LogP contribution is 2.42. The number of carbonyl (C=O) groups is 2. The first-order valence-corrected chi connectivity index (χ1v) is 13.0. The van der Waals surface area contributed by atoms with Gasteiger partial charge in [-0.15, -0.1) is 0 Å². The van der Waals surface area contributed by atoms with Crippen LogP contribution in [0, 0.1) is 5.92 Å². The minimum absolute atomic E-state index is 0.250. The second kappa shape index (κ2) is 13.1. The number of hydrogen-bond acceptors (Lipinski definition) is 4. The molecule has 2 N–H and O–H groups in total. The van der Waals surface area contributed by atoms with E-state index in [4.69, 9.17) is 4.74 Å². The Bertz CT molecular complexity index is 1080. The standard InChI is InChI=1S/C25H32F2N3O3P.C2H6/c1-24(2,3)33-23(32)29-13-5-12-28-22(31)18-14-17-6-4-7-20(21(17)30-15-18)16-8-10-19(11-9-16)25(26,27)34;1-2/h4,6-8,14-15,19H,5,9-13,34H2,1-3H3,(H,28,31)(H,29,32);1-2H3. The van der Waals surface area contributed by atoms with Crippen molar-refractivity contribution in [3.8, 4) is 0 Å². The quantitative estimate of drug-likeness (QED) is 0.320. The Balaban J connectivity index is 0.00000222. The van der Waals surface area contributed by atoms with Gasteiger partial charge in [-0.05, 0) is 58.1 Å². The van der Waals surface area contributed by atoms with Crippen LogP contribution in [0.3, 0.4) is 0 Å². The number of alkyl carbamates (subject to hydrolysis) is 1. The van der Waals surface area contributed by atoms with Gasteiger partial charge in [-0.3, -0.25) is 9.78 Å². The van der Waals surface area contributed by atoms with E-state index >= 15 is 0 Å². The number of aromatic nitrogens is 1. The predicted molar refractivity (Wildman–Crippen MR) is 144 cm³/mol. The van der Waals surface area contributed by atoms with Crippen LogP contribution in [-0.2, 0) is 4.74 Å². The fourth-order valence-electron chi connectivity index (χ4n) is 3.87. The maximum absolute atomic E-state index is 13.6. The zero-order chi connectivity index (χ0) is 26.9. The fraction of sp³-hybridized carbons (Fsp3) is 0.519. The highest BCUT2D eigenvalue weighted by atomic mass is 31.0. The third kappa shape index (κ3) is 8.81. The van der Waals surface area contributed by atoms with Gasteiger partial charge < -0.3 is 15.4 Å². The molecule has 0 bridgehead atoms. The molecule has 0 spiro atoms. The SMILES string of the molecule is CC.CC(C)(C)OC(=O)NCCCNC(=O)c1cnc2c(C3=CCC(C(F)(F)P)CC3)cccc2c1. The van der Waals surface area contributed by atoms with Crippen LogP contribution >= 0.6 is 9.24 Å². The summed E-state index contributed by atoms with van der Waals surface area (Å²) >= 11 is 0. The molecule has 0 saturated carbocycles. The van der Waals surface area contributed by atoms with Crippen LogP contribution in [0.4, 0.5) is 13.6 Å². The van der Waals surface area contributed by atoms with Gasteiger partial charge in [-0.25, -0.2) is 13.6 Å². The number of hydrogen-bond donors (Lipinski definition) is 2. The number of allylic oxidation sites excluding steroid dienone is 2.